The molecule has 1 aliphatic rings. The van der Waals surface area contributed by atoms with Gasteiger partial charge in [0.2, 0.25) is 15.9 Å². The summed E-state index contributed by atoms with van der Waals surface area (Å²) in [6.45, 7) is 5.16. The van der Waals surface area contributed by atoms with E-state index in [1.807, 2.05) is 13.8 Å². The summed E-state index contributed by atoms with van der Waals surface area (Å²) in [6, 6.07) is 7.92. The minimum atomic E-state index is -3.51. The van der Waals surface area contributed by atoms with Crippen molar-refractivity contribution in [2.75, 3.05) is 31.9 Å². The molecule has 28 heavy (non-hydrogen) atoms. The molecule has 3 rings (SSSR count). The highest BCUT2D eigenvalue weighted by Gasteiger charge is 2.31. The molecule has 9 heteroatoms. The van der Waals surface area contributed by atoms with E-state index >= 15 is 0 Å². The Kier molecular flexibility index (Phi) is 6.80. The number of carbonyl (C=O) groups excluding carboxylic acids is 1. The molecule has 1 saturated heterocycles. The fourth-order valence-electron chi connectivity index (χ4n) is 3.13. The predicted molar refractivity (Wildman–Crippen MR) is 111 cm³/mol. The number of piperazine rings is 1. The Labute approximate surface area is 173 Å². The number of nitrogens with zero attached hydrogens (tertiary/aromatic N) is 2. The standard InChI is InChI=1S/C19H23FN2O3S3/c1-14-13-18(15(2)27-14)28(24,25)22-10-8-21(9-11-22)19(23)7-12-26-17-5-3-16(20)4-6-17/h3-6,13H,7-12H2,1-2H3. The number of halogens is 1. The average Bonchev–Trinajstić information content (AvgIpc) is 3.02. The monoisotopic (exact) mass is 442 g/mol. The molecule has 0 radical (unpaired) electrons. The largest absolute Gasteiger partial charge is 0.340 e. The van der Waals surface area contributed by atoms with E-state index in [0.717, 1.165) is 14.6 Å². The number of sulfonamides is 1. The quantitative estimate of drug-likeness (QED) is 0.643. The summed E-state index contributed by atoms with van der Waals surface area (Å²) in [5.41, 5.74) is 0. The Hall–Kier alpha value is -1.42. The molecule has 1 aromatic carbocycles. The predicted octanol–water partition coefficient (Wildman–Crippen LogP) is 3.52. The lowest BCUT2D eigenvalue weighted by atomic mass is 10.3. The van der Waals surface area contributed by atoms with Crippen molar-refractivity contribution in [3.63, 3.8) is 0 Å². The van der Waals surface area contributed by atoms with E-state index in [1.165, 1.54) is 39.5 Å². The second-order valence-electron chi connectivity index (χ2n) is 6.61. The first-order chi connectivity index (χ1) is 13.3. The molecule has 2 aromatic rings. The van der Waals surface area contributed by atoms with E-state index in [1.54, 1.807) is 23.1 Å². The highest BCUT2D eigenvalue weighted by atomic mass is 32.2. The zero-order valence-electron chi connectivity index (χ0n) is 15.9. The van der Waals surface area contributed by atoms with Crippen LogP contribution in [0.25, 0.3) is 0 Å². The second kappa shape index (κ2) is 8.94. The third-order valence-electron chi connectivity index (χ3n) is 4.60. The van der Waals surface area contributed by atoms with Gasteiger partial charge in [-0.25, -0.2) is 12.8 Å². The van der Waals surface area contributed by atoms with Crippen molar-refractivity contribution in [2.24, 2.45) is 0 Å². The van der Waals surface area contributed by atoms with Crippen molar-refractivity contribution >= 4 is 39.0 Å². The van der Waals surface area contributed by atoms with Crippen LogP contribution in [0.2, 0.25) is 0 Å². The molecule has 152 valence electrons. The molecular weight excluding hydrogens is 419 g/mol. The van der Waals surface area contributed by atoms with Crippen LogP contribution in [0, 0.1) is 19.7 Å². The second-order valence-corrected chi connectivity index (χ2v) is 11.1. The summed E-state index contributed by atoms with van der Waals surface area (Å²) in [7, 11) is -3.51. The maximum atomic E-state index is 12.9. The third-order valence-corrected chi connectivity index (χ3v) is 8.74. The van der Waals surface area contributed by atoms with Crippen LogP contribution >= 0.6 is 23.1 Å². The van der Waals surface area contributed by atoms with E-state index in [4.69, 9.17) is 0 Å². The molecule has 0 saturated carbocycles. The Morgan fingerprint density at radius 1 is 1.14 bits per heavy atom. The van der Waals surface area contributed by atoms with Crippen LogP contribution in [0.4, 0.5) is 4.39 Å². The van der Waals surface area contributed by atoms with Crippen molar-refractivity contribution < 1.29 is 17.6 Å². The van der Waals surface area contributed by atoms with Gasteiger partial charge in [-0.1, -0.05) is 0 Å². The zero-order chi connectivity index (χ0) is 20.3. The van der Waals surface area contributed by atoms with Crippen molar-refractivity contribution in [1.82, 2.24) is 9.21 Å². The van der Waals surface area contributed by atoms with Crippen LogP contribution in [0.15, 0.2) is 40.1 Å². The summed E-state index contributed by atoms with van der Waals surface area (Å²) in [4.78, 5) is 17.2. The number of amides is 1. The van der Waals surface area contributed by atoms with Gasteiger partial charge < -0.3 is 4.90 Å². The normalized spacial score (nSPS) is 15.8. The van der Waals surface area contributed by atoms with Gasteiger partial charge in [0.25, 0.3) is 0 Å². The Bertz CT molecular complexity index is 934. The van der Waals surface area contributed by atoms with E-state index in [-0.39, 0.29) is 11.7 Å². The number of aryl methyl sites for hydroxylation is 2. The van der Waals surface area contributed by atoms with Gasteiger partial charge in [0.1, 0.15) is 5.82 Å². The molecule has 0 spiro atoms. The lowest BCUT2D eigenvalue weighted by Gasteiger charge is -2.34. The summed E-state index contributed by atoms with van der Waals surface area (Å²) in [5.74, 6) is 0.353. The number of carbonyl (C=O) groups is 1. The molecule has 0 aliphatic carbocycles. The lowest BCUT2D eigenvalue weighted by Crippen LogP contribution is -2.50. The number of hydrogen-bond acceptors (Lipinski definition) is 5. The highest BCUT2D eigenvalue weighted by molar-refractivity contribution is 7.99. The first-order valence-corrected chi connectivity index (χ1v) is 12.2. The molecule has 0 N–H and O–H groups in total. The van der Waals surface area contributed by atoms with Gasteiger partial charge in [0, 0.05) is 53.0 Å². The topological polar surface area (TPSA) is 57.7 Å². The van der Waals surface area contributed by atoms with E-state index < -0.39 is 10.0 Å². The van der Waals surface area contributed by atoms with E-state index in [2.05, 4.69) is 0 Å². The number of thioether (sulfide) groups is 1. The zero-order valence-corrected chi connectivity index (χ0v) is 18.3. The molecule has 2 heterocycles. The van der Waals surface area contributed by atoms with Crippen molar-refractivity contribution in [2.45, 2.75) is 30.1 Å². The van der Waals surface area contributed by atoms with Gasteiger partial charge in [-0.3, -0.25) is 4.79 Å². The van der Waals surface area contributed by atoms with Crippen LogP contribution in [0.1, 0.15) is 16.2 Å². The highest BCUT2D eigenvalue weighted by Crippen LogP contribution is 2.28. The molecule has 0 bridgehead atoms. The van der Waals surface area contributed by atoms with Crippen molar-refractivity contribution in [3.8, 4) is 0 Å². The number of rotatable bonds is 6. The summed E-state index contributed by atoms with van der Waals surface area (Å²) in [5, 5.41) is 0. The minimum absolute atomic E-state index is 0.0224. The third kappa shape index (κ3) is 4.94. The molecule has 1 fully saturated rings. The van der Waals surface area contributed by atoms with Gasteiger partial charge in [-0.2, -0.15) is 4.31 Å². The molecule has 1 aromatic heterocycles. The average molecular weight is 443 g/mol. The van der Waals surface area contributed by atoms with Crippen LogP contribution in [0.5, 0.6) is 0 Å². The van der Waals surface area contributed by atoms with E-state index in [9.17, 15) is 17.6 Å². The summed E-state index contributed by atoms with van der Waals surface area (Å²) < 4.78 is 40.1. The van der Waals surface area contributed by atoms with Gasteiger partial charge in [0.05, 0.1) is 4.90 Å². The first-order valence-electron chi connectivity index (χ1n) is 9.00. The molecule has 1 amide bonds. The SMILES string of the molecule is Cc1cc(S(=O)(=O)N2CCN(C(=O)CCSc3ccc(F)cc3)CC2)c(C)s1. The van der Waals surface area contributed by atoms with Crippen LogP contribution in [0.3, 0.4) is 0 Å². The summed E-state index contributed by atoms with van der Waals surface area (Å²) >= 11 is 2.99. The van der Waals surface area contributed by atoms with Crippen molar-refractivity contribution in [3.05, 3.63) is 45.9 Å². The summed E-state index contributed by atoms with van der Waals surface area (Å²) in [6.07, 6.45) is 0.373. The van der Waals surface area contributed by atoms with Gasteiger partial charge >= 0.3 is 0 Å². The van der Waals surface area contributed by atoms with Crippen molar-refractivity contribution in [1.29, 1.82) is 0 Å². The molecule has 5 nitrogen and oxygen atoms in total. The van der Waals surface area contributed by atoms with Crippen LogP contribution in [-0.4, -0.2) is 55.5 Å². The number of benzene rings is 1. The Balaban J connectivity index is 1.49. The molecule has 0 unspecified atom stereocenters. The van der Waals surface area contributed by atoms with Gasteiger partial charge in [-0.05, 0) is 44.2 Å². The Morgan fingerprint density at radius 3 is 2.36 bits per heavy atom. The lowest BCUT2D eigenvalue weighted by molar-refractivity contribution is -0.131. The van der Waals surface area contributed by atoms with Crippen LogP contribution < -0.4 is 0 Å². The number of thiophene rings is 1. The van der Waals surface area contributed by atoms with Crippen LogP contribution in [-0.2, 0) is 14.8 Å². The first kappa shape index (κ1) is 21.3. The Morgan fingerprint density at radius 2 is 1.79 bits per heavy atom. The number of hydrogen-bond donors (Lipinski definition) is 0. The fourth-order valence-corrected chi connectivity index (χ4v) is 6.91. The smallest absolute Gasteiger partial charge is 0.244 e. The molecule has 1 aliphatic heterocycles. The van der Waals surface area contributed by atoms with Gasteiger partial charge in [0.15, 0.2) is 0 Å². The van der Waals surface area contributed by atoms with E-state index in [0.29, 0.717) is 43.2 Å². The fraction of sp³-hybridized carbons (Fsp3) is 0.421. The molecule has 0 atom stereocenters. The molecular formula is C19H23FN2O3S3. The minimum Gasteiger partial charge on any atom is -0.340 e. The maximum absolute atomic E-state index is 12.9. The maximum Gasteiger partial charge on any atom is 0.244 e. The van der Waals surface area contributed by atoms with Gasteiger partial charge in [-0.15, -0.1) is 23.1 Å².